The van der Waals surface area contributed by atoms with Crippen molar-refractivity contribution in [3.05, 3.63) is 92.3 Å². The van der Waals surface area contributed by atoms with Crippen LogP contribution in [0.3, 0.4) is 0 Å². The molecular weight excluding hydrogens is 466 g/mol. The standard InChI is InChI=1S/C23H18ClN3O5S/c1-14-13-33-23-26-18(10-21(29)27(14)23)11-32-22(30)15-2-6-17(7-3-15)25-20(28)12-31-19-8-4-16(24)5-9-19/h2-10,13H,11-12H2,1H3,(H,25,28). The SMILES string of the molecule is Cc1csc2nc(COC(=O)c3ccc(NC(=O)COc4ccc(Cl)cc4)cc3)cc(=O)n12. The second kappa shape index (κ2) is 9.85. The van der Waals surface area contributed by atoms with Crippen LogP contribution < -0.4 is 15.6 Å². The van der Waals surface area contributed by atoms with E-state index in [9.17, 15) is 14.4 Å². The van der Waals surface area contributed by atoms with Crippen molar-refractivity contribution in [2.24, 2.45) is 0 Å². The molecule has 1 N–H and O–H groups in total. The molecule has 0 radical (unpaired) electrons. The van der Waals surface area contributed by atoms with Crippen LogP contribution in [0.4, 0.5) is 5.69 Å². The zero-order valence-corrected chi connectivity index (χ0v) is 19.0. The predicted molar refractivity (Wildman–Crippen MR) is 125 cm³/mol. The number of carbonyl (C=O) groups is 2. The molecule has 4 rings (SSSR count). The van der Waals surface area contributed by atoms with Crippen LogP contribution in [0.1, 0.15) is 21.7 Å². The molecule has 0 aliphatic carbocycles. The van der Waals surface area contributed by atoms with Crippen molar-refractivity contribution < 1.29 is 19.1 Å². The number of hydrogen-bond donors (Lipinski definition) is 1. The molecule has 2 aromatic heterocycles. The number of fused-ring (bicyclic) bond motifs is 1. The molecule has 8 nitrogen and oxygen atoms in total. The molecule has 0 unspecified atom stereocenters. The number of rotatable bonds is 7. The van der Waals surface area contributed by atoms with Crippen LogP contribution in [-0.2, 0) is 16.1 Å². The van der Waals surface area contributed by atoms with Crippen molar-refractivity contribution in [1.29, 1.82) is 0 Å². The minimum absolute atomic E-state index is 0.123. The number of aromatic nitrogens is 2. The molecule has 2 heterocycles. The predicted octanol–water partition coefficient (Wildman–Crippen LogP) is 4.09. The molecule has 0 aliphatic rings. The number of aryl methyl sites for hydroxylation is 1. The minimum atomic E-state index is -0.566. The van der Waals surface area contributed by atoms with Crippen molar-refractivity contribution in [2.45, 2.75) is 13.5 Å². The summed E-state index contributed by atoms with van der Waals surface area (Å²) >= 11 is 7.16. The van der Waals surface area contributed by atoms with Crippen molar-refractivity contribution in [3.8, 4) is 5.75 Å². The molecule has 0 atom stereocenters. The van der Waals surface area contributed by atoms with Crippen LogP contribution in [0, 0.1) is 6.92 Å². The monoisotopic (exact) mass is 483 g/mol. The lowest BCUT2D eigenvalue weighted by Gasteiger charge is -2.09. The van der Waals surface area contributed by atoms with E-state index in [1.54, 1.807) is 36.4 Å². The largest absolute Gasteiger partial charge is 0.484 e. The third kappa shape index (κ3) is 5.57. The van der Waals surface area contributed by atoms with Gasteiger partial charge in [-0.1, -0.05) is 11.6 Å². The Hall–Kier alpha value is -3.69. The number of nitrogens with one attached hydrogen (secondary N) is 1. The van der Waals surface area contributed by atoms with Crippen molar-refractivity contribution in [1.82, 2.24) is 9.38 Å². The first kappa shape index (κ1) is 22.5. The van der Waals surface area contributed by atoms with E-state index in [1.807, 2.05) is 12.3 Å². The van der Waals surface area contributed by atoms with Gasteiger partial charge in [0.1, 0.15) is 12.4 Å². The average molecular weight is 484 g/mol. The minimum Gasteiger partial charge on any atom is -0.484 e. The molecule has 4 aromatic rings. The summed E-state index contributed by atoms with van der Waals surface area (Å²) in [5, 5.41) is 5.10. The Morgan fingerprint density at radius 3 is 2.58 bits per heavy atom. The van der Waals surface area contributed by atoms with Crippen LogP contribution in [0.5, 0.6) is 5.75 Å². The lowest BCUT2D eigenvalue weighted by atomic mass is 10.2. The van der Waals surface area contributed by atoms with Gasteiger partial charge < -0.3 is 14.8 Å². The Balaban J connectivity index is 1.30. The van der Waals surface area contributed by atoms with Gasteiger partial charge in [-0.3, -0.25) is 14.0 Å². The number of benzene rings is 2. The van der Waals surface area contributed by atoms with E-state index in [1.165, 1.54) is 33.9 Å². The number of esters is 1. The van der Waals surface area contributed by atoms with Gasteiger partial charge >= 0.3 is 5.97 Å². The van der Waals surface area contributed by atoms with Gasteiger partial charge in [-0.25, -0.2) is 9.78 Å². The Morgan fingerprint density at radius 1 is 1.12 bits per heavy atom. The summed E-state index contributed by atoms with van der Waals surface area (Å²) in [7, 11) is 0. The Kier molecular flexibility index (Phi) is 6.71. The third-order valence-electron chi connectivity index (χ3n) is 4.57. The van der Waals surface area contributed by atoms with E-state index in [2.05, 4.69) is 10.3 Å². The molecule has 0 bridgehead atoms. The zero-order chi connectivity index (χ0) is 23.4. The molecule has 0 saturated carbocycles. The summed E-state index contributed by atoms with van der Waals surface area (Å²) in [6.07, 6.45) is 0. The molecular formula is C23H18ClN3O5S. The van der Waals surface area contributed by atoms with Crippen molar-refractivity contribution in [2.75, 3.05) is 11.9 Å². The fraction of sp³-hybridized carbons (Fsp3) is 0.130. The number of halogens is 1. The number of ether oxygens (including phenoxy) is 2. The van der Waals surface area contributed by atoms with E-state index >= 15 is 0 Å². The van der Waals surface area contributed by atoms with E-state index in [0.717, 1.165) is 5.69 Å². The summed E-state index contributed by atoms with van der Waals surface area (Å²) in [5.41, 5.74) is 1.77. The van der Waals surface area contributed by atoms with Gasteiger partial charge in [0, 0.05) is 27.9 Å². The first-order valence-electron chi connectivity index (χ1n) is 9.81. The maximum absolute atomic E-state index is 12.3. The molecule has 0 saturated heterocycles. The van der Waals surface area contributed by atoms with Gasteiger partial charge in [0.2, 0.25) is 0 Å². The maximum Gasteiger partial charge on any atom is 0.338 e. The lowest BCUT2D eigenvalue weighted by molar-refractivity contribution is -0.118. The van der Waals surface area contributed by atoms with E-state index in [-0.39, 0.29) is 24.7 Å². The summed E-state index contributed by atoms with van der Waals surface area (Å²) in [5.74, 6) is -0.390. The summed E-state index contributed by atoms with van der Waals surface area (Å²) in [6.45, 7) is 1.53. The van der Waals surface area contributed by atoms with Gasteiger partial charge in [0.15, 0.2) is 11.6 Å². The Bertz CT molecular complexity index is 1360. The van der Waals surface area contributed by atoms with E-state index in [4.69, 9.17) is 21.1 Å². The molecule has 168 valence electrons. The van der Waals surface area contributed by atoms with Crippen molar-refractivity contribution >= 4 is 45.5 Å². The Morgan fingerprint density at radius 2 is 1.85 bits per heavy atom. The summed E-state index contributed by atoms with van der Waals surface area (Å²) in [4.78, 5) is 41.5. The van der Waals surface area contributed by atoms with Crippen LogP contribution in [-0.4, -0.2) is 27.9 Å². The third-order valence-corrected chi connectivity index (χ3v) is 5.76. The molecule has 10 heteroatoms. The highest BCUT2D eigenvalue weighted by Crippen LogP contribution is 2.16. The van der Waals surface area contributed by atoms with Gasteiger partial charge in [-0.2, -0.15) is 0 Å². The quantitative estimate of drug-likeness (QED) is 0.397. The van der Waals surface area contributed by atoms with Crippen LogP contribution in [0.2, 0.25) is 5.02 Å². The van der Waals surface area contributed by atoms with Crippen LogP contribution >= 0.6 is 22.9 Å². The molecule has 0 spiro atoms. The van der Waals surface area contributed by atoms with E-state index < -0.39 is 5.97 Å². The summed E-state index contributed by atoms with van der Waals surface area (Å²) in [6, 6.07) is 14.3. The highest BCUT2D eigenvalue weighted by molar-refractivity contribution is 7.15. The van der Waals surface area contributed by atoms with Crippen LogP contribution in [0.25, 0.3) is 4.96 Å². The first-order valence-corrected chi connectivity index (χ1v) is 11.1. The zero-order valence-electron chi connectivity index (χ0n) is 17.4. The number of nitrogens with zero attached hydrogens (tertiary/aromatic N) is 2. The summed E-state index contributed by atoms with van der Waals surface area (Å²) < 4.78 is 12.2. The topological polar surface area (TPSA) is 99.0 Å². The second-order valence-electron chi connectivity index (χ2n) is 7.03. The van der Waals surface area contributed by atoms with Gasteiger partial charge in [0.25, 0.3) is 11.5 Å². The fourth-order valence-electron chi connectivity index (χ4n) is 2.96. The number of hydrogen-bond acceptors (Lipinski definition) is 7. The lowest BCUT2D eigenvalue weighted by Crippen LogP contribution is -2.20. The molecule has 0 aliphatic heterocycles. The van der Waals surface area contributed by atoms with Gasteiger partial charge in [-0.05, 0) is 55.5 Å². The fourth-order valence-corrected chi connectivity index (χ4v) is 3.98. The normalized spacial score (nSPS) is 10.7. The molecule has 33 heavy (non-hydrogen) atoms. The molecule has 0 fully saturated rings. The van der Waals surface area contributed by atoms with Gasteiger partial charge in [-0.15, -0.1) is 11.3 Å². The highest BCUT2D eigenvalue weighted by Gasteiger charge is 2.11. The maximum atomic E-state index is 12.3. The van der Waals surface area contributed by atoms with Crippen LogP contribution in [0.15, 0.2) is 64.8 Å². The molecule has 2 aromatic carbocycles. The second-order valence-corrected chi connectivity index (χ2v) is 8.30. The van der Waals surface area contributed by atoms with Crippen molar-refractivity contribution in [3.63, 3.8) is 0 Å². The number of anilines is 1. The Labute approximate surface area is 197 Å². The van der Waals surface area contributed by atoms with E-state index in [0.29, 0.717) is 32.7 Å². The molecule has 1 amide bonds. The average Bonchev–Trinajstić information content (AvgIpc) is 3.18. The van der Waals surface area contributed by atoms with Gasteiger partial charge in [0.05, 0.1) is 11.3 Å². The smallest absolute Gasteiger partial charge is 0.338 e. The number of thiazole rings is 1. The number of amides is 1. The highest BCUT2D eigenvalue weighted by atomic mass is 35.5. The first-order chi connectivity index (χ1) is 15.9. The number of carbonyl (C=O) groups excluding carboxylic acids is 2.